The van der Waals surface area contributed by atoms with Crippen molar-refractivity contribution in [2.24, 2.45) is 5.92 Å². The van der Waals surface area contributed by atoms with Crippen LogP contribution in [0, 0.1) is 18.7 Å². The standard InChI is InChI=1S/C14H16FNO2/c1-9-2-3-10(6-13(9)15)12-4-5-16-8-11(12)7-14(17)18/h2-4,6,11,16H,5,7-8H2,1H3,(H,17,18)/t11-/m0/s1. The van der Waals surface area contributed by atoms with E-state index in [-0.39, 0.29) is 18.2 Å². The predicted molar refractivity (Wildman–Crippen MR) is 67.7 cm³/mol. The maximum atomic E-state index is 13.6. The highest BCUT2D eigenvalue weighted by molar-refractivity contribution is 5.75. The molecule has 1 aliphatic rings. The first-order chi connectivity index (χ1) is 8.58. The molecule has 0 unspecified atom stereocenters. The molecule has 1 heterocycles. The monoisotopic (exact) mass is 249 g/mol. The lowest BCUT2D eigenvalue weighted by molar-refractivity contribution is -0.137. The van der Waals surface area contributed by atoms with Crippen LogP contribution < -0.4 is 5.32 Å². The third-order valence-electron chi connectivity index (χ3n) is 3.22. The molecule has 1 atom stereocenters. The van der Waals surface area contributed by atoms with E-state index in [1.165, 1.54) is 6.07 Å². The number of hydrogen-bond acceptors (Lipinski definition) is 2. The molecule has 0 bridgehead atoms. The Labute approximate surface area is 105 Å². The number of nitrogens with one attached hydrogen (secondary N) is 1. The largest absolute Gasteiger partial charge is 0.481 e. The Morgan fingerprint density at radius 2 is 2.33 bits per heavy atom. The lowest BCUT2D eigenvalue weighted by Crippen LogP contribution is -2.30. The van der Waals surface area contributed by atoms with Gasteiger partial charge in [0, 0.05) is 19.0 Å². The SMILES string of the molecule is Cc1ccc(C2=CCNC[C@@H]2CC(=O)O)cc1F. The van der Waals surface area contributed by atoms with Crippen molar-refractivity contribution in [2.45, 2.75) is 13.3 Å². The highest BCUT2D eigenvalue weighted by Gasteiger charge is 2.22. The van der Waals surface area contributed by atoms with Gasteiger partial charge in [-0.2, -0.15) is 0 Å². The first kappa shape index (κ1) is 12.8. The fraction of sp³-hybridized carbons (Fsp3) is 0.357. The summed E-state index contributed by atoms with van der Waals surface area (Å²) in [5, 5.41) is 12.0. The minimum absolute atomic E-state index is 0.0638. The predicted octanol–water partition coefficient (Wildman–Crippen LogP) is 2.21. The van der Waals surface area contributed by atoms with Crippen molar-refractivity contribution in [3.8, 4) is 0 Å². The van der Waals surface area contributed by atoms with Crippen LogP contribution in [0.25, 0.3) is 5.57 Å². The van der Waals surface area contributed by atoms with E-state index >= 15 is 0 Å². The van der Waals surface area contributed by atoms with Crippen LogP contribution in [0.4, 0.5) is 4.39 Å². The van der Waals surface area contributed by atoms with Gasteiger partial charge in [0.15, 0.2) is 0 Å². The minimum Gasteiger partial charge on any atom is -0.481 e. The van der Waals surface area contributed by atoms with E-state index < -0.39 is 5.97 Å². The van der Waals surface area contributed by atoms with Crippen molar-refractivity contribution in [1.82, 2.24) is 5.32 Å². The Balaban J connectivity index is 2.30. The van der Waals surface area contributed by atoms with Crippen LogP contribution in [-0.2, 0) is 4.79 Å². The molecule has 1 aromatic carbocycles. The van der Waals surface area contributed by atoms with Crippen molar-refractivity contribution in [3.05, 3.63) is 41.2 Å². The molecule has 18 heavy (non-hydrogen) atoms. The van der Waals surface area contributed by atoms with Crippen LogP contribution in [0.5, 0.6) is 0 Å². The lowest BCUT2D eigenvalue weighted by Gasteiger charge is -2.24. The van der Waals surface area contributed by atoms with Gasteiger partial charge in [-0.3, -0.25) is 4.79 Å². The second-order valence-electron chi connectivity index (χ2n) is 4.58. The molecule has 0 fully saturated rings. The lowest BCUT2D eigenvalue weighted by atomic mass is 9.87. The molecule has 0 aliphatic carbocycles. The number of carboxylic acid groups (broad SMARTS) is 1. The topological polar surface area (TPSA) is 49.3 Å². The van der Waals surface area contributed by atoms with Crippen LogP contribution in [0.2, 0.25) is 0 Å². The van der Waals surface area contributed by atoms with E-state index in [0.29, 0.717) is 18.7 Å². The van der Waals surface area contributed by atoms with Gasteiger partial charge in [-0.25, -0.2) is 4.39 Å². The van der Waals surface area contributed by atoms with Crippen LogP contribution >= 0.6 is 0 Å². The Bertz CT molecular complexity index is 497. The van der Waals surface area contributed by atoms with Crippen molar-refractivity contribution >= 4 is 11.5 Å². The number of carbonyl (C=O) groups is 1. The van der Waals surface area contributed by atoms with Crippen molar-refractivity contribution in [1.29, 1.82) is 0 Å². The fourth-order valence-corrected chi connectivity index (χ4v) is 2.24. The van der Waals surface area contributed by atoms with Gasteiger partial charge < -0.3 is 10.4 Å². The van der Waals surface area contributed by atoms with E-state index in [1.807, 2.05) is 12.1 Å². The van der Waals surface area contributed by atoms with Gasteiger partial charge in [0.2, 0.25) is 0 Å². The van der Waals surface area contributed by atoms with Crippen LogP contribution in [0.1, 0.15) is 17.5 Å². The third kappa shape index (κ3) is 2.76. The Morgan fingerprint density at radius 1 is 1.56 bits per heavy atom. The molecule has 2 N–H and O–H groups in total. The summed E-state index contributed by atoms with van der Waals surface area (Å²) in [6.45, 7) is 3.03. The van der Waals surface area contributed by atoms with Gasteiger partial charge in [-0.05, 0) is 29.7 Å². The zero-order valence-electron chi connectivity index (χ0n) is 10.2. The summed E-state index contributed by atoms with van der Waals surface area (Å²) in [4.78, 5) is 10.8. The van der Waals surface area contributed by atoms with Crippen molar-refractivity contribution < 1.29 is 14.3 Å². The molecule has 0 radical (unpaired) electrons. The highest BCUT2D eigenvalue weighted by atomic mass is 19.1. The normalized spacial score (nSPS) is 19.4. The van der Waals surface area contributed by atoms with Gasteiger partial charge in [-0.1, -0.05) is 18.2 Å². The van der Waals surface area contributed by atoms with E-state index in [1.54, 1.807) is 13.0 Å². The Kier molecular flexibility index (Phi) is 3.77. The average molecular weight is 249 g/mol. The molecule has 4 heteroatoms. The smallest absolute Gasteiger partial charge is 0.304 e. The summed E-state index contributed by atoms with van der Waals surface area (Å²) in [5.74, 6) is -1.18. The molecular formula is C14H16FNO2. The molecule has 3 nitrogen and oxygen atoms in total. The quantitative estimate of drug-likeness (QED) is 0.863. The summed E-state index contributed by atoms with van der Waals surface area (Å²) < 4.78 is 13.6. The molecule has 0 saturated carbocycles. The molecule has 0 aromatic heterocycles. The second kappa shape index (κ2) is 5.31. The third-order valence-corrected chi connectivity index (χ3v) is 3.22. The number of hydrogen-bond donors (Lipinski definition) is 2. The first-order valence-electron chi connectivity index (χ1n) is 5.97. The second-order valence-corrected chi connectivity index (χ2v) is 4.58. The van der Waals surface area contributed by atoms with E-state index in [4.69, 9.17) is 5.11 Å². The van der Waals surface area contributed by atoms with E-state index in [9.17, 15) is 9.18 Å². The molecule has 1 aromatic rings. The van der Waals surface area contributed by atoms with Crippen molar-refractivity contribution in [2.75, 3.05) is 13.1 Å². The zero-order chi connectivity index (χ0) is 13.1. The number of halogens is 1. The zero-order valence-corrected chi connectivity index (χ0v) is 10.2. The van der Waals surface area contributed by atoms with Gasteiger partial charge in [0.05, 0.1) is 6.42 Å². The first-order valence-corrected chi connectivity index (χ1v) is 5.97. The number of aliphatic carboxylic acids is 1. The molecule has 0 spiro atoms. The summed E-state index contributed by atoms with van der Waals surface area (Å²) in [5.41, 5.74) is 2.31. The summed E-state index contributed by atoms with van der Waals surface area (Å²) in [6, 6.07) is 5.07. The fourth-order valence-electron chi connectivity index (χ4n) is 2.24. The molecule has 96 valence electrons. The molecule has 2 rings (SSSR count). The maximum absolute atomic E-state index is 13.6. The van der Waals surface area contributed by atoms with Crippen molar-refractivity contribution in [3.63, 3.8) is 0 Å². The van der Waals surface area contributed by atoms with Gasteiger partial charge >= 0.3 is 5.97 Å². The minimum atomic E-state index is -0.831. The van der Waals surface area contributed by atoms with Crippen LogP contribution in [0.15, 0.2) is 24.3 Å². The van der Waals surface area contributed by atoms with Crippen LogP contribution in [-0.4, -0.2) is 24.2 Å². The Morgan fingerprint density at radius 3 is 3.00 bits per heavy atom. The summed E-state index contributed by atoms with van der Waals surface area (Å²) >= 11 is 0. The number of aryl methyl sites for hydroxylation is 1. The van der Waals surface area contributed by atoms with E-state index in [0.717, 1.165) is 11.1 Å². The molecule has 0 amide bonds. The van der Waals surface area contributed by atoms with E-state index in [2.05, 4.69) is 5.32 Å². The highest BCUT2D eigenvalue weighted by Crippen LogP contribution is 2.28. The van der Waals surface area contributed by atoms with Gasteiger partial charge in [-0.15, -0.1) is 0 Å². The summed E-state index contributed by atoms with van der Waals surface area (Å²) in [7, 11) is 0. The van der Waals surface area contributed by atoms with Crippen LogP contribution in [0.3, 0.4) is 0 Å². The Hall–Kier alpha value is -1.68. The molecule has 0 saturated heterocycles. The number of benzene rings is 1. The van der Waals surface area contributed by atoms with Gasteiger partial charge in [0.25, 0.3) is 0 Å². The van der Waals surface area contributed by atoms with Gasteiger partial charge in [0.1, 0.15) is 5.82 Å². The molecular weight excluding hydrogens is 233 g/mol. The molecule has 1 aliphatic heterocycles. The maximum Gasteiger partial charge on any atom is 0.304 e. The number of carboxylic acids is 1. The average Bonchev–Trinajstić information content (AvgIpc) is 2.33. The summed E-state index contributed by atoms with van der Waals surface area (Å²) in [6.07, 6.45) is 2.01. The number of rotatable bonds is 3.